The molecule has 1 aliphatic heterocycles. The molecule has 4 rings (SSSR count). The highest BCUT2D eigenvalue weighted by atomic mass is 35.5. The van der Waals surface area contributed by atoms with Crippen molar-refractivity contribution in [3.8, 4) is 11.5 Å². The average Bonchev–Trinajstić information content (AvgIpc) is 2.84. The number of rotatable bonds is 6. The third-order valence-corrected chi connectivity index (χ3v) is 5.80. The van der Waals surface area contributed by atoms with Crippen LogP contribution in [0.3, 0.4) is 0 Å². The minimum Gasteiger partial charge on any atom is -0.508 e. The van der Waals surface area contributed by atoms with Crippen LogP contribution in [0.2, 0.25) is 5.02 Å². The molecule has 3 aromatic rings. The Labute approximate surface area is 217 Å². The molecule has 0 spiro atoms. The molecule has 3 aromatic carbocycles. The summed E-state index contributed by atoms with van der Waals surface area (Å²) in [5.74, 6) is -1.86. The van der Waals surface area contributed by atoms with Gasteiger partial charge in [0.05, 0.1) is 10.7 Å². The summed E-state index contributed by atoms with van der Waals surface area (Å²) in [5.41, 5.74) is 2.91. The monoisotopic (exact) mass is 519 g/mol. The van der Waals surface area contributed by atoms with Gasteiger partial charge in [-0.3, -0.25) is 19.7 Å². The zero-order valence-corrected chi connectivity index (χ0v) is 20.6. The van der Waals surface area contributed by atoms with Crippen LogP contribution in [0.25, 0.3) is 6.08 Å². The number of aryl methyl sites for hydroxylation is 2. The van der Waals surface area contributed by atoms with E-state index in [2.05, 4.69) is 10.6 Å². The number of imide groups is 2. The lowest BCUT2D eigenvalue weighted by Crippen LogP contribution is -2.54. The Hall–Kier alpha value is -4.63. The van der Waals surface area contributed by atoms with Crippen molar-refractivity contribution in [2.24, 2.45) is 0 Å². The fourth-order valence-electron chi connectivity index (χ4n) is 3.58. The van der Waals surface area contributed by atoms with Gasteiger partial charge >= 0.3 is 6.03 Å². The Balaban J connectivity index is 1.47. The molecule has 5 amide bonds. The van der Waals surface area contributed by atoms with Gasteiger partial charge in [-0.05, 0) is 79.1 Å². The second kappa shape index (κ2) is 10.5. The Morgan fingerprint density at radius 1 is 1.05 bits per heavy atom. The number of aromatic hydroxyl groups is 1. The van der Waals surface area contributed by atoms with Crippen molar-refractivity contribution in [2.45, 2.75) is 13.8 Å². The van der Waals surface area contributed by atoms with E-state index in [1.807, 2.05) is 32.0 Å². The number of benzene rings is 3. The topological polar surface area (TPSA) is 125 Å². The van der Waals surface area contributed by atoms with Crippen LogP contribution >= 0.6 is 11.6 Å². The lowest BCUT2D eigenvalue weighted by Gasteiger charge is -2.26. The summed E-state index contributed by atoms with van der Waals surface area (Å²) in [4.78, 5) is 50.8. The minimum atomic E-state index is -0.904. The molecule has 3 N–H and O–H groups in total. The molecule has 0 bridgehead atoms. The van der Waals surface area contributed by atoms with E-state index in [9.17, 15) is 24.3 Å². The number of hydrogen-bond donors (Lipinski definition) is 3. The van der Waals surface area contributed by atoms with Crippen molar-refractivity contribution < 1.29 is 29.0 Å². The molecule has 0 unspecified atom stereocenters. The fraction of sp³-hybridized carbons (Fsp3) is 0.111. The number of phenolic OH excluding ortho intramolecular Hbond substituents is 1. The lowest BCUT2D eigenvalue weighted by molar-refractivity contribution is -0.122. The first-order chi connectivity index (χ1) is 17.6. The minimum absolute atomic E-state index is 0.0415. The molecule has 1 saturated heterocycles. The number of urea groups is 1. The smallest absolute Gasteiger partial charge is 0.335 e. The van der Waals surface area contributed by atoms with E-state index in [1.165, 1.54) is 42.5 Å². The van der Waals surface area contributed by atoms with E-state index in [4.69, 9.17) is 16.3 Å². The number of nitrogens with one attached hydrogen (secondary N) is 2. The van der Waals surface area contributed by atoms with Gasteiger partial charge < -0.3 is 15.2 Å². The van der Waals surface area contributed by atoms with Crippen molar-refractivity contribution in [1.29, 1.82) is 0 Å². The molecule has 1 fully saturated rings. The van der Waals surface area contributed by atoms with E-state index in [0.29, 0.717) is 11.3 Å². The van der Waals surface area contributed by atoms with Gasteiger partial charge in [0, 0.05) is 5.69 Å². The van der Waals surface area contributed by atoms with Crippen molar-refractivity contribution in [3.05, 3.63) is 87.9 Å². The Bertz CT molecular complexity index is 1450. The van der Waals surface area contributed by atoms with Crippen LogP contribution in [-0.2, 0) is 14.4 Å². The number of amides is 5. The molecule has 0 atom stereocenters. The predicted octanol–water partition coefficient (Wildman–Crippen LogP) is 4.35. The van der Waals surface area contributed by atoms with Crippen molar-refractivity contribution in [3.63, 3.8) is 0 Å². The number of barbiturate groups is 1. The summed E-state index contributed by atoms with van der Waals surface area (Å²) < 4.78 is 5.54. The third-order valence-electron chi connectivity index (χ3n) is 5.50. The number of hydrogen-bond acceptors (Lipinski definition) is 6. The summed E-state index contributed by atoms with van der Waals surface area (Å²) in [5, 5.41) is 14.5. The summed E-state index contributed by atoms with van der Waals surface area (Å²) in [6, 6.07) is 14.7. The molecule has 0 aromatic heterocycles. The van der Waals surface area contributed by atoms with Gasteiger partial charge in [0.2, 0.25) is 0 Å². The van der Waals surface area contributed by atoms with E-state index >= 15 is 0 Å². The zero-order valence-electron chi connectivity index (χ0n) is 19.9. The van der Waals surface area contributed by atoms with E-state index in [1.54, 1.807) is 6.07 Å². The standard InChI is InChI=1S/C27H22ClN3O6/c1-15-3-4-16(2)22(11-15)29-24(33)14-37-23-10-5-17(13-21(23)28)12-20-25(34)30-27(36)31(26(20)35)18-6-8-19(32)9-7-18/h3-13,32H,14H2,1-2H3,(H,29,33)(H,30,34,36)/b20-12-. The van der Waals surface area contributed by atoms with Gasteiger partial charge in [0.25, 0.3) is 17.7 Å². The molecule has 0 saturated carbocycles. The molecular formula is C27H22ClN3O6. The van der Waals surface area contributed by atoms with Gasteiger partial charge in [-0.15, -0.1) is 0 Å². The molecule has 10 heteroatoms. The quantitative estimate of drug-likeness (QED) is 0.328. The number of phenols is 1. The maximum absolute atomic E-state index is 13.0. The third kappa shape index (κ3) is 5.79. The van der Waals surface area contributed by atoms with Crippen LogP contribution in [-0.4, -0.2) is 35.5 Å². The number of carbonyl (C=O) groups excluding carboxylic acids is 4. The molecule has 9 nitrogen and oxygen atoms in total. The molecule has 1 heterocycles. The molecular weight excluding hydrogens is 498 g/mol. The largest absolute Gasteiger partial charge is 0.508 e. The molecule has 1 aliphatic rings. The van der Waals surface area contributed by atoms with E-state index in [0.717, 1.165) is 16.0 Å². The molecule has 37 heavy (non-hydrogen) atoms. The molecule has 0 radical (unpaired) electrons. The Morgan fingerprint density at radius 3 is 2.49 bits per heavy atom. The van der Waals surface area contributed by atoms with E-state index < -0.39 is 17.8 Å². The Kier molecular flexibility index (Phi) is 7.26. The van der Waals surface area contributed by atoms with Crippen LogP contribution in [0.1, 0.15) is 16.7 Å². The first-order valence-electron chi connectivity index (χ1n) is 11.1. The first-order valence-corrected chi connectivity index (χ1v) is 11.5. The van der Waals surface area contributed by atoms with Crippen LogP contribution < -0.4 is 20.3 Å². The number of anilines is 2. The van der Waals surface area contributed by atoms with Crippen molar-refractivity contribution in [1.82, 2.24) is 5.32 Å². The normalized spacial score (nSPS) is 14.5. The number of nitrogens with zero attached hydrogens (tertiary/aromatic N) is 1. The highest BCUT2D eigenvalue weighted by molar-refractivity contribution is 6.39. The highest BCUT2D eigenvalue weighted by Crippen LogP contribution is 2.28. The van der Waals surface area contributed by atoms with Crippen LogP contribution in [0.5, 0.6) is 11.5 Å². The van der Waals surface area contributed by atoms with Gasteiger partial charge in [-0.25, -0.2) is 9.69 Å². The Morgan fingerprint density at radius 2 is 1.78 bits per heavy atom. The summed E-state index contributed by atoms with van der Waals surface area (Å²) in [6.07, 6.45) is 1.29. The highest BCUT2D eigenvalue weighted by Gasteiger charge is 2.36. The molecule has 188 valence electrons. The van der Waals surface area contributed by atoms with Crippen LogP contribution in [0, 0.1) is 13.8 Å². The lowest BCUT2D eigenvalue weighted by atomic mass is 10.1. The second-order valence-electron chi connectivity index (χ2n) is 8.32. The fourth-order valence-corrected chi connectivity index (χ4v) is 3.83. The van der Waals surface area contributed by atoms with Gasteiger partial charge in [-0.2, -0.15) is 0 Å². The summed E-state index contributed by atoms with van der Waals surface area (Å²) >= 11 is 6.31. The maximum Gasteiger partial charge on any atom is 0.335 e. The average molecular weight is 520 g/mol. The number of halogens is 1. The van der Waals surface area contributed by atoms with Gasteiger partial charge in [0.1, 0.15) is 17.1 Å². The zero-order chi connectivity index (χ0) is 26.7. The first kappa shape index (κ1) is 25.5. The predicted molar refractivity (Wildman–Crippen MR) is 139 cm³/mol. The number of ether oxygens (including phenoxy) is 1. The van der Waals surface area contributed by atoms with Gasteiger partial charge in [0.15, 0.2) is 6.61 Å². The van der Waals surface area contributed by atoms with Crippen LogP contribution in [0.4, 0.5) is 16.2 Å². The van der Waals surface area contributed by atoms with E-state index in [-0.39, 0.29) is 40.3 Å². The second-order valence-corrected chi connectivity index (χ2v) is 8.73. The van der Waals surface area contributed by atoms with Gasteiger partial charge in [-0.1, -0.05) is 29.8 Å². The number of carbonyl (C=O) groups is 4. The van der Waals surface area contributed by atoms with Crippen LogP contribution in [0.15, 0.2) is 66.2 Å². The summed E-state index contributed by atoms with van der Waals surface area (Å²) in [7, 11) is 0. The SMILES string of the molecule is Cc1ccc(C)c(NC(=O)COc2ccc(/C=C3/C(=O)NC(=O)N(c4ccc(O)cc4)C3=O)cc2Cl)c1. The van der Waals surface area contributed by atoms with Crippen molar-refractivity contribution >= 4 is 52.8 Å². The van der Waals surface area contributed by atoms with Crippen molar-refractivity contribution in [2.75, 3.05) is 16.8 Å². The summed E-state index contributed by atoms with van der Waals surface area (Å²) in [6.45, 7) is 3.53. The molecule has 0 aliphatic carbocycles. The maximum atomic E-state index is 13.0.